The molecule has 160 valence electrons. The van der Waals surface area contributed by atoms with Crippen molar-refractivity contribution in [1.29, 1.82) is 0 Å². The number of nitrogens with one attached hydrogen (secondary N) is 2. The Morgan fingerprint density at radius 2 is 2.03 bits per heavy atom. The van der Waals surface area contributed by atoms with Crippen LogP contribution in [0, 0.1) is 0 Å². The molecule has 3 aromatic heterocycles. The van der Waals surface area contributed by atoms with Gasteiger partial charge in [-0.25, -0.2) is 14.2 Å². The van der Waals surface area contributed by atoms with E-state index in [1.54, 1.807) is 23.9 Å². The summed E-state index contributed by atoms with van der Waals surface area (Å²) in [4.78, 5) is 43.2. The molecule has 3 aromatic rings. The molecular weight excluding hydrogens is 414 g/mol. The minimum Gasteiger partial charge on any atom is -0.349 e. The Labute approximate surface area is 176 Å². The van der Waals surface area contributed by atoms with Gasteiger partial charge in [-0.3, -0.25) is 9.59 Å². The Hall–Kier alpha value is -3.25. The van der Waals surface area contributed by atoms with Gasteiger partial charge in [0.2, 0.25) is 0 Å². The summed E-state index contributed by atoms with van der Waals surface area (Å²) in [5.74, 6) is -0.634. The van der Waals surface area contributed by atoms with Crippen LogP contribution in [0.25, 0.3) is 5.65 Å². The largest absolute Gasteiger partial charge is 0.353 e. The van der Waals surface area contributed by atoms with Crippen LogP contribution in [0.1, 0.15) is 21.0 Å². The second kappa shape index (κ2) is 9.05. The Kier molecular flexibility index (Phi) is 6.47. The lowest BCUT2D eigenvalue weighted by molar-refractivity contribution is 0.0942. The number of aromatic nitrogens is 6. The van der Waals surface area contributed by atoms with Gasteiger partial charge in [0.25, 0.3) is 11.8 Å². The first kappa shape index (κ1) is 21.5. The van der Waals surface area contributed by atoms with Crippen LogP contribution in [0.2, 0.25) is 0 Å². The van der Waals surface area contributed by atoms with Crippen molar-refractivity contribution in [3.63, 3.8) is 0 Å². The van der Waals surface area contributed by atoms with Crippen LogP contribution in [0.5, 0.6) is 0 Å². The summed E-state index contributed by atoms with van der Waals surface area (Å²) in [6.07, 6.45) is 2.82. The molecule has 0 fully saturated rings. The summed E-state index contributed by atoms with van der Waals surface area (Å²) in [7, 11) is 5.53. The van der Waals surface area contributed by atoms with Gasteiger partial charge in [-0.15, -0.1) is 16.7 Å². The van der Waals surface area contributed by atoms with Crippen LogP contribution < -0.4 is 16.3 Å². The van der Waals surface area contributed by atoms with E-state index in [9.17, 15) is 14.4 Å². The smallest absolute Gasteiger partial charge is 0.349 e. The van der Waals surface area contributed by atoms with Gasteiger partial charge in [-0.05, 0) is 20.2 Å². The first-order chi connectivity index (χ1) is 14.3. The number of fused-ring (bicyclic) bond motifs is 1. The number of rotatable bonds is 8. The molecule has 0 radical (unpaired) electrons. The molecule has 0 bridgehead atoms. The first-order valence-electron chi connectivity index (χ1n) is 9.09. The maximum Gasteiger partial charge on any atom is 0.353 e. The highest BCUT2D eigenvalue weighted by Gasteiger charge is 2.19. The van der Waals surface area contributed by atoms with Gasteiger partial charge in [0.1, 0.15) is 12.0 Å². The van der Waals surface area contributed by atoms with Gasteiger partial charge in [0.15, 0.2) is 11.3 Å². The number of amides is 2. The van der Waals surface area contributed by atoms with E-state index in [1.807, 2.05) is 19.0 Å². The summed E-state index contributed by atoms with van der Waals surface area (Å²) in [6, 6.07) is 1.56. The van der Waals surface area contributed by atoms with Crippen molar-refractivity contribution < 1.29 is 9.59 Å². The topological polar surface area (TPSA) is 131 Å². The monoisotopic (exact) mass is 435 g/mol. The number of carbonyl (C=O) groups excluding carboxylic acids is 2. The van der Waals surface area contributed by atoms with Crippen molar-refractivity contribution in [3.05, 3.63) is 40.5 Å². The predicted molar refractivity (Wildman–Crippen MR) is 110 cm³/mol. The highest BCUT2D eigenvalue weighted by Crippen LogP contribution is 2.15. The Morgan fingerprint density at radius 3 is 2.73 bits per heavy atom. The van der Waals surface area contributed by atoms with Crippen LogP contribution in [0.4, 0.5) is 5.69 Å². The van der Waals surface area contributed by atoms with Crippen molar-refractivity contribution in [2.45, 2.75) is 6.54 Å². The molecule has 0 aromatic carbocycles. The Bertz CT molecular complexity index is 1130. The van der Waals surface area contributed by atoms with Gasteiger partial charge >= 0.3 is 5.69 Å². The third kappa shape index (κ3) is 4.49. The molecule has 0 saturated heterocycles. The van der Waals surface area contributed by atoms with Crippen molar-refractivity contribution in [1.82, 2.24) is 39.2 Å². The zero-order chi connectivity index (χ0) is 21.8. The second-order valence-electron chi connectivity index (χ2n) is 6.81. The molecule has 12 nitrogen and oxygen atoms in total. The molecule has 3 rings (SSSR count). The van der Waals surface area contributed by atoms with Crippen LogP contribution in [-0.4, -0.2) is 78.7 Å². The van der Waals surface area contributed by atoms with Crippen LogP contribution in [0.15, 0.2) is 23.4 Å². The number of halogens is 1. The fourth-order valence-corrected chi connectivity index (χ4v) is 2.91. The number of alkyl halides is 1. The van der Waals surface area contributed by atoms with E-state index in [0.717, 1.165) is 9.08 Å². The maximum absolute atomic E-state index is 12.6. The molecule has 0 aliphatic rings. The third-order valence-corrected chi connectivity index (χ3v) is 4.44. The van der Waals surface area contributed by atoms with E-state index >= 15 is 0 Å². The fraction of sp³-hybridized carbons (Fsp3) is 0.412. The van der Waals surface area contributed by atoms with Gasteiger partial charge in [0.05, 0.1) is 12.2 Å². The number of hydrogen-bond acceptors (Lipinski definition) is 7. The average Bonchev–Trinajstić information content (AvgIpc) is 3.27. The summed E-state index contributed by atoms with van der Waals surface area (Å²) in [5.41, 5.74) is 0.273. The van der Waals surface area contributed by atoms with Crippen LogP contribution in [0.3, 0.4) is 0 Å². The lowest BCUT2D eigenvalue weighted by Gasteiger charge is -2.10. The molecule has 0 aliphatic carbocycles. The summed E-state index contributed by atoms with van der Waals surface area (Å²) in [5, 5.41) is 13.2. The molecule has 0 spiro atoms. The Balaban J connectivity index is 1.76. The van der Waals surface area contributed by atoms with Crippen molar-refractivity contribution in [2.24, 2.45) is 7.05 Å². The average molecular weight is 436 g/mol. The number of imidazole rings is 1. The molecule has 0 atom stereocenters. The van der Waals surface area contributed by atoms with E-state index in [0.29, 0.717) is 24.5 Å². The molecule has 2 amide bonds. The van der Waals surface area contributed by atoms with Crippen LogP contribution in [-0.2, 0) is 13.6 Å². The van der Waals surface area contributed by atoms with Crippen molar-refractivity contribution >= 4 is 34.7 Å². The first-order valence-corrected chi connectivity index (χ1v) is 9.62. The van der Waals surface area contributed by atoms with E-state index in [1.165, 1.54) is 6.33 Å². The number of aryl methyl sites for hydroxylation is 2. The van der Waals surface area contributed by atoms with Crippen molar-refractivity contribution in [3.8, 4) is 0 Å². The van der Waals surface area contributed by atoms with Crippen molar-refractivity contribution in [2.75, 3.05) is 38.4 Å². The van der Waals surface area contributed by atoms with Gasteiger partial charge in [-0.1, -0.05) is 5.21 Å². The Morgan fingerprint density at radius 1 is 1.27 bits per heavy atom. The van der Waals surface area contributed by atoms with E-state index < -0.39 is 11.6 Å². The normalized spacial score (nSPS) is 11.2. The number of nitrogens with zero attached hydrogens (tertiary/aromatic N) is 7. The van der Waals surface area contributed by atoms with Gasteiger partial charge in [0, 0.05) is 32.2 Å². The minimum atomic E-state index is -0.577. The molecule has 0 aliphatic heterocycles. The predicted octanol–water partition coefficient (Wildman–Crippen LogP) is -0.593. The van der Waals surface area contributed by atoms with Crippen LogP contribution >= 0.6 is 11.6 Å². The van der Waals surface area contributed by atoms with Gasteiger partial charge < -0.3 is 20.1 Å². The molecule has 3 heterocycles. The number of likely N-dealkylation sites (N-methyl/N-ethyl adjacent to an activating group) is 1. The molecular formula is C17H22ClN9O3. The minimum absolute atomic E-state index is 0.0286. The zero-order valence-corrected chi connectivity index (χ0v) is 17.5. The quantitative estimate of drug-likeness (QED) is 0.452. The molecule has 0 unspecified atom stereocenters. The summed E-state index contributed by atoms with van der Waals surface area (Å²) >= 11 is 5.63. The summed E-state index contributed by atoms with van der Waals surface area (Å²) < 4.78 is 3.82. The zero-order valence-electron chi connectivity index (χ0n) is 16.8. The standard InChI is InChI=1S/C17H22ClN9O3/c1-24(2)7-5-19-15(28)12-8-11(9-25(12)3)21-16(29)13-14-22-23-27(6-4-18)17(30)26(14)10-20-13/h8-10H,4-7H2,1-3H3,(H,19,28)(H,21,29). The number of hydrogen-bond donors (Lipinski definition) is 2. The highest BCUT2D eigenvalue weighted by molar-refractivity contribution is 6.17. The van der Waals surface area contributed by atoms with Gasteiger partial charge in [-0.2, -0.15) is 4.68 Å². The molecule has 13 heteroatoms. The third-order valence-electron chi connectivity index (χ3n) is 4.27. The fourth-order valence-electron chi connectivity index (χ4n) is 2.75. The highest BCUT2D eigenvalue weighted by atomic mass is 35.5. The molecule has 2 N–H and O–H groups in total. The maximum atomic E-state index is 12.6. The second-order valence-corrected chi connectivity index (χ2v) is 7.19. The number of carbonyl (C=O) groups is 2. The lowest BCUT2D eigenvalue weighted by atomic mass is 10.3. The lowest BCUT2D eigenvalue weighted by Crippen LogP contribution is -2.32. The SMILES string of the molecule is CN(C)CCNC(=O)c1cc(NC(=O)c2ncn3c(=O)n(CCCl)nnc23)cn1C. The van der Waals surface area contributed by atoms with E-state index in [4.69, 9.17) is 11.6 Å². The number of anilines is 1. The van der Waals surface area contributed by atoms with E-state index in [-0.39, 0.29) is 29.7 Å². The molecule has 0 saturated carbocycles. The van der Waals surface area contributed by atoms with E-state index in [2.05, 4.69) is 25.9 Å². The summed E-state index contributed by atoms with van der Waals surface area (Å²) in [6.45, 7) is 1.40. The molecule has 30 heavy (non-hydrogen) atoms.